The van der Waals surface area contributed by atoms with Crippen molar-refractivity contribution in [2.45, 2.75) is 123 Å². The third kappa shape index (κ3) is 7.07. The Morgan fingerprint density at radius 1 is 0.763 bits per heavy atom. The Hall–Kier alpha value is -0.420. The van der Waals surface area contributed by atoms with Crippen molar-refractivity contribution < 1.29 is 9.47 Å². The molecule has 216 valence electrons. The molecule has 0 fully saturated rings. The molecule has 2 rings (SSSR count). The van der Waals surface area contributed by atoms with Crippen molar-refractivity contribution in [2.24, 2.45) is 10.8 Å². The van der Waals surface area contributed by atoms with E-state index < -0.39 is 5.79 Å². The number of unbranched alkanes of at least 4 members (excludes halogenated alkanes) is 4. The van der Waals surface area contributed by atoms with Crippen LogP contribution >= 0.6 is 31.9 Å². The predicted molar refractivity (Wildman–Crippen MR) is 173 cm³/mol. The maximum absolute atomic E-state index is 6.55. The first kappa shape index (κ1) is 33.8. The van der Waals surface area contributed by atoms with Crippen LogP contribution in [0.15, 0.2) is 35.4 Å². The van der Waals surface area contributed by atoms with Crippen LogP contribution in [-0.4, -0.2) is 25.3 Å². The minimum absolute atomic E-state index is 0.0341. The first-order chi connectivity index (χ1) is 17.8. The van der Waals surface area contributed by atoms with Gasteiger partial charge < -0.3 is 9.47 Å². The zero-order valence-corrected chi connectivity index (χ0v) is 29.1. The summed E-state index contributed by atoms with van der Waals surface area (Å²) in [6, 6.07) is 7.00. The molecule has 0 spiro atoms. The van der Waals surface area contributed by atoms with Crippen LogP contribution in [0.2, 0.25) is 0 Å². The summed E-state index contributed by atoms with van der Waals surface area (Å²) in [7, 11) is 3.63. The van der Waals surface area contributed by atoms with Crippen molar-refractivity contribution in [1.82, 2.24) is 0 Å². The van der Waals surface area contributed by atoms with E-state index in [9.17, 15) is 0 Å². The average molecular weight is 655 g/mol. The molecule has 1 aliphatic carbocycles. The van der Waals surface area contributed by atoms with Gasteiger partial charge in [-0.1, -0.05) is 150 Å². The van der Waals surface area contributed by atoms with E-state index in [0.29, 0.717) is 0 Å². The van der Waals surface area contributed by atoms with Crippen molar-refractivity contribution in [3.63, 3.8) is 0 Å². The number of halogens is 2. The summed E-state index contributed by atoms with van der Waals surface area (Å²) in [6.45, 7) is 18.4. The zero-order valence-electron chi connectivity index (χ0n) is 26.0. The molecule has 0 heterocycles. The van der Waals surface area contributed by atoms with E-state index in [4.69, 9.17) is 9.47 Å². The first-order valence-electron chi connectivity index (χ1n) is 14.7. The topological polar surface area (TPSA) is 18.5 Å². The van der Waals surface area contributed by atoms with E-state index in [1.807, 2.05) is 14.2 Å². The molecule has 0 saturated heterocycles. The smallest absolute Gasteiger partial charge is 0.218 e. The lowest BCUT2D eigenvalue weighted by Crippen LogP contribution is -2.48. The summed E-state index contributed by atoms with van der Waals surface area (Å²) in [5.74, 6) is -0.951. The fraction of sp³-hybridized carbons (Fsp3) is 0.706. The predicted octanol–water partition coefficient (Wildman–Crippen LogP) is 11.1. The van der Waals surface area contributed by atoms with Crippen LogP contribution in [0, 0.1) is 10.8 Å². The summed E-state index contributed by atoms with van der Waals surface area (Å²) in [4.78, 5) is 0. The molecule has 0 amide bonds. The number of hydrogen-bond acceptors (Lipinski definition) is 2. The average Bonchev–Trinajstić information content (AvgIpc) is 2.87. The van der Waals surface area contributed by atoms with Gasteiger partial charge in [-0.3, -0.25) is 0 Å². The minimum Gasteiger partial charge on any atom is -0.346 e. The van der Waals surface area contributed by atoms with Crippen LogP contribution in [0.25, 0.3) is 5.57 Å². The standard InChI is InChI=1S/C34H54Br2O2/c1-11-13-15-19-33(20-16-14-12-2)22-29(32(6,7)8)34(37-9,38-10)30(28(33)24-36)27-21-26(31(3,4)5)18-17-25(27)23-35/h17-18,21-22H,11-16,19-20,23-24H2,1-10H3. The Kier molecular flexibility index (Phi) is 12.4. The Bertz CT molecular complexity index is 961. The van der Waals surface area contributed by atoms with Crippen LogP contribution in [-0.2, 0) is 20.2 Å². The van der Waals surface area contributed by atoms with E-state index in [1.165, 1.54) is 71.9 Å². The molecule has 38 heavy (non-hydrogen) atoms. The van der Waals surface area contributed by atoms with Crippen LogP contribution in [0.1, 0.15) is 123 Å². The molecular formula is C34H54Br2O2. The van der Waals surface area contributed by atoms with E-state index in [-0.39, 0.29) is 16.2 Å². The van der Waals surface area contributed by atoms with Crippen molar-refractivity contribution in [2.75, 3.05) is 19.5 Å². The molecule has 0 saturated carbocycles. The number of ether oxygens (including phenoxy) is 2. The second-order valence-electron chi connectivity index (χ2n) is 13.1. The molecule has 2 nitrogen and oxygen atoms in total. The summed E-state index contributed by atoms with van der Waals surface area (Å²) in [5.41, 5.74) is 7.59. The zero-order chi connectivity index (χ0) is 28.8. The number of methoxy groups -OCH3 is 2. The van der Waals surface area contributed by atoms with Gasteiger partial charge in [0.05, 0.1) is 0 Å². The van der Waals surface area contributed by atoms with Crippen LogP contribution in [0.5, 0.6) is 0 Å². The molecule has 0 radical (unpaired) electrons. The van der Waals surface area contributed by atoms with Crippen LogP contribution in [0.4, 0.5) is 0 Å². The highest BCUT2D eigenvalue weighted by molar-refractivity contribution is 9.09. The van der Waals surface area contributed by atoms with Gasteiger partial charge in [0.1, 0.15) is 0 Å². The molecule has 4 heteroatoms. The lowest BCUT2D eigenvalue weighted by Gasteiger charge is -2.51. The molecule has 1 aromatic carbocycles. The second-order valence-corrected chi connectivity index (χ2v) is 14.3. The molecule has 0 unspecified atom stereocenters. The molecule has 0 aliphatic heterocycles. The molecule has 1 aromatic rings. The molecule has 0 bridgehead atoms. The lowest BCUT2D eigenvalue weighted by molar-refractivity contribution is -0.144. The third-order valence-electron chi connectivity index (χ3n) is 8.37. The SMILES string of the molecule is CCCCCC1(CCCCC)C=C(C(C)(C)C)C(OC)(OC)C(c2cc(C(C)(C)C)ccc2CBr)=C1CBr. The Labute approximate surface area is 251 Å². The van der Waals surface area contributed by atoms with Gasteiger partial charge in [0, 0.05) is 35.9 Å². The Morgan fingerprint density at radius 3 is 1.71 bits per heavy atom. The molecule has 0 N–H and O–H groups in total. The molecule has 0 atom stereocenters. The fourth-order valence-electron chi connectivity index (χ4n) is 6.14. The van der Waals surface area contributed by atoms with E-state index in [1.54, 1.807) is 0 Å². The van der Waals surface area contributed by atoms with Crippen LogP contribution < -0.4 is 0 Å². The van der Waals surface area contributed by atoms with E-state index in [0.717, 1.165) is 23.5 Å². The number of benzene rings is 1. The third-order valence-corrected chi connectivity index (χ3v) is 9.53. The molecule has 0 aromatic heterocycles. The monoisotopic (exact) mass is 652 g/mol. The maximum atomic E-state index is 6.55. The van der Waals surface area contributed by atoms with Gasteiger partial charge in [-0.25, -0.2) is 0 Å². The summed E-state index contributed by atoms with van der Waals surface area (Å²) in [6.07, 6.45) is 12.3. The normalized spacial score (nSPS) is 17.6. The van der Waals surface area contributed by atoms with Gasteiger partial charge >= 0.3 is 0 Å². The summed E-state index contributed by atoms with van der Waals surface area (Å²) >= 11 is 7.85. The highest BCUT2D eigenvalue weighted by atomic mass is 79.9. The first-order valence-corrected chi connectivity index (χ1v) is 16.9. The Morgan fingerprint density at radius 2 is 1.32 bits per heavy atom. The van der Waals surface area contributed by atoms with Gasteiger partial charge in [0.25, 0.3) is 0 Å². The number of rotatable bonds is 13. The van der Waals surface area contributed by atoms with Gasteiger partial charge in [-0.2, -0.15) is 0 Å². The highest BCUT2D eigenvalue weighted by Crippen LogP contribution is 2.58. The second kappa shape index (κ2) is 14.0. The molecule has 1 aliphatic rings. The summed E-state index contributed by atoms with van der Waals surface area (Å²) in [5, 5.41) is 1.58. The largest absolute Gasteiger partial charge is 0.346 e. The van der Waals surface area contributed by atoms with Crippen LogP contribution in [0.3, 0.4) is 0 Å². The van der Waals surface area contributed by atoms with Crippen molar-refractivity contribution in [1.29, 1.82) is 0 Å². The number of allylic oxidation sites excluding steroid dienone is 2. The number of hydrogen-bond donors (Lipinski definition) is 0. The minimum atomic E-state index is -0.951. The Balaban J connectivity index is 3.10. The quantitative estimate of drug-likeness (QED) is 0.0912. The van der Waals surface area contributed by atoms with Crippen molar-refractivity contribution >= 4 is 37.4 Å². The van der Waals surface area contributed by atoms with E-state index in [2.05, 4.69) is 112 Å². The van der Waals surface area contributed by atoms with Gasteiger partial charge in [0.2, 0.25) is 5.79 Å². The number of alkyl halides is 2. The fourth-order valence-corrected chi connectivity index (χ4v) is 7.47. The van der Waals surface area contributed by atoms with Gasteiger partial charge in [-0.05, 0) is 51.5 Å². The molecular weight excluding hydrogens is 600 g/mol. The van der Waals surface area contributed by atoms with Gasteiger partial charge in [0.15, 0.2) is 0 Å². The van der Waals surface area contributed by atoms with Gasteiger partial charge in [-0.15, -0.1) is 0 Å². The van der Waals surface area contributed by atoms with Crippen molar-refractivity contribution in [3.05, 3.63) is 52.1 Å². The highest BCUT2D eigenvalue weighted by Gasteiger charge is 2.53. The lowest BCUT2D eigenvalue weighted by atomic mass is 9.60. The van der Waals surface area contributed by atoms with Crippen molar-refractivity contribution in [3.8, 4) is 0 Å². The summed E-state index contributed by atoms with van der Waals surface area (Å²) < 4.78 is 13.1. The van der Waals surface area contributed by atoms with E-state index >= 15 is 0 Å². The maximum Gasteiger partial charge on any atom is 0.218 e.